The molecule has 6 nitrogen and oxygen atoms in total. The van der Waals surface area contributed by atoms with Gasteiger partial charge >= 0.3 is 5.97 Å². The molecule has 0 aromatic carbocycles. The predicted octanol–water partition coefficient (Wildman–Crippen LogP) is 0.814. The fraction of sp³-hybridized carbons (Fsp3) is 0.364. The quantitative estimate of drug-likeness (QED) is 0.707. The van der Waals surface area contributed by atoms with Gasteiger partial charge in [0.05, 0.1) is 19.0 Å². The Bertz CT molecular complexity index is 378. The highest BCUT2D eigenvalue weighted by Gasteiger charge is 2.09. The van der Waals surface area contributed by atoms with Crippen LogP contribution in [0.25, 0.3) is 0 Å². The molecule has 0 amide bonds. The maximum atomic E-state index is 10.6. The standard InChI is InChI=1S/C11H15N3O3/c1-3-4-14(5-6-17-2)10-8-12-9(7-13-10)11(15)16/h3,7-8H,1,4-6H2,2H3,(H,15,16). The van der Waals surface area contributed by atoms with Gasteiger partial charge in [-0.25, -0.2) is 14.8 Å². The molecule has 17 heavy (non-hydrogen) atoms. The van der Waals surface area contributed by atoms with Crippen LogP contribution < -0.4 is 4.90 Å². The van der Waals surface area contributed by atoms with Crippen LogP contribution in [0.2, 0.25) is 0 Å². The Morgan fingerprint density at radius 3 is 2.82 bits per heavy atom. The number of hydrogen-bond acceptors (Lipinski definition) is 5. The van der Waals surface area contributed by atoms with E-state index >= 15 is 0 Å². The van der Waals surface area contributed by atoms with Crippen molar-refractivity contribution in [3.63, 3.8) is 0 Å². The van der Waals surface area contributed by atoms with E-state index in [1.165, 1.54) is 12.4 Å². The highest BCUT2D eigenvalue weighted by Crippen LogP contribution is 2.08. The first-order valence-electron chi connectivity index (χ1n) is 5.09. The lowest BCUT2D eigenvalue weighted by atomic mass is 10.4. The van der Waals surface area contributed by atoms with E-state index in [1.54, 1.807) is 13.2 Å². The lowest BCUT2D eigenvalue weighted by Gasteiger charge is -2.21. The minimum absolute atomic E-state index is 0.0703. The zero-order valence-electron chi connectivity index (χ0n) is 9.67. The third kappa shape index (κ3) is 3.84. The van der Waals surface area contributed by atoms with Gasteiger partial charge in [-0.15, -0.1) is 6.58 Å². The SMILES string of the molecule is C=CCN(CCOC)c1cnc(C(=O)O)cn1. The summed E-state index contributed by atoms with van der Waals surface area (Å²) in [6.07, 6.45) is 4.41. The van der Waals surface area contributed by atoms with Crippen LogP contribution in [0.1, 0.15) is 10.5 Å². The van der Waals surface area contributed by atoms with E-state index in [4.69, 9.17) is 9.84 Å². The summed E-state index contributed by atoms with van der Waals surface area (Å²) in [6.45, 7) is 5.45. The van der Waals surface area contributed by atoms with E-state index in [0.29, 0.717) is 25.5 Å². The fourth-order valence-electron chi connectivity index (χ4n) is 1.25. The van der Waals surface area contributed by atoms with Crippen LogP contribution in [-0.4, -0.2) is 47.8 Å². The van der Waals surface area contributed by atoms with Crippen LogP contribution in [0, 0.1) is 0 Å². The summed E-state index contributed by atoms with van der Waals surface area (Å²) in [4.78, 5) is 20.4. The topological polar surface area (TPSA) is 75.5 Å². The number of ether oxygens (including phenoxy) is 1. The second-order valence-electron chi connectivity index (χ2n) is 3.29. The van der Waals surface area contributed by atoms with Crippen molar-refractivity contribution in [1.29, 1.82) is 0 Å². The van der Waals surface area contributed by atoms with Crippen molar-refractivity contribution in [2.24, 2.45) is 0 Å². The average Bonchev–Trinajstić information content (AvgIpc) is 2.34. The molecule has 0 saturated heterocycles. The maximum Gasteiger partial charge on any atom is 0.356 e. The van der Waals surface area contributed by atoms with Crippen molar-refractivity contribution < 1.29 is 14.6 Å². The van der Waals surface area contributed by atoms with Gasteiger partial charge in [-0.3, -0.25) is 0 Å². The number of carboxylic acids is 1. The van der Waals surface area contributed by atoms with E-state index in [2.05, 4.69) is 16.5 Å². The van der Waals surface area contributed by atoms with Crippen molar-refractivity contribution >= 4 is 11.8 Å². The predicted molar refractivity (Wildman–Crippen MR) is 63.3 cm³/mol. The van der Waals surface area contributed by atoms with Crippen LogP contribution in [0.15, 0.2) is 25.0 Å². The van der Waals surface area contributed by atoms with Gasteiger partial charge in [-0.2, -0.15) is 0 Å². The molecule has 0 spiro atoms. The summed E-state index contributed by atoms with van der Waals surface area (Å²) in [7, 11) is 1.62. The van der Waals surface area contributed by atoms with Gasteiger partial charge in [-0.05, 0) is 0 Å². The zero-order valence-corrected chi connectivity index (χ0v) is 9.67. The summed E-state index contributed by atoms with van der Waals surface area (Å²) >= 11 is 0. The van der Waals surface area contributed by atoms with Crippen molar-refractivity contribution in [2.75, 3.05) is 31.7 Å². The van der Waals surface area contributed by atoms with Gasteiger partial charge in [0.15, 0.2) is 5.69 Å². The number of anilines is 1. The molecule has 1 N–H and O–H groups in total. The zero-order chi connectivity index (χ0) is 12.7. The van der Waals surface area contributed by atoms with E-state index in [-0.39, 0.29) is 5.69 Å². The van der Waals surface area contributed by atoms with Gasteiger partial charge in [0.2, 0.25) is 0 Å². The smallest absolute Gasteiger partial charge is 0.356 e. The van der Waals surface area contributed by atoms with E-state index < -0.39 is 5.97 Å². The molecule has 0 saturated carbocycles. The molecular weight excluding hydrogens is 222 g/mol. The lowest BCUT2D eigenvalue weighted by molar-refractivity contribution is 0.0690. The number of carbonyl (C=O) groups is 1. The molecule has 0 fully saturated rings. The normalized spacial score (nSPS) is 9.94. The molecule has 0 aliphatic rings. The van der Waals surface area contributed by atoms with Crippen molar-refractivity contribution in [3.8, 4) is 0 Å². The lowest BCUT2D eigenvalue weighted by Crippen LogP contribution is -2.28. The Labute approximate surface area is 99.6 Å². The second-order valence-corrected chi connectivity index (χ2v) is 3.29. The van der Waals surface area contributed by atoms with Crippen molar-refractivity contribution in [1.82, 2.24) is 9.97 Å². The van der Waals surface area contributed by atoms with Gasteiger partial charge in [0, 0.05) is 20.2 Å². The number of rotatable bonds is 7. The van der Waals surface area contributed by atoms with Gasteiger partial charge in [0.1, 0.15) is 5.82 Å². The number of aromatic carboxylic acids is 1. The van der Waals surface area contributed by atoms with E-state index in [1.807, 2.05) is 4.90 Å². The first-order valence-corrected chi connectivity index (χ1v) is 5.09. The minimum Gasteiger partial charge on any atom is -0.476 e. The molecule has 0 aliphatic heterocycles. The largest absolute Gasteiger partial charge is 0.476 e. The molecule has 6 heteroatoms. The maximum absolute atomic E-state index is 10.6. The van der Waals surface area contributed by atoms with Crippen molar-refractivity contribution in [2.45, 2.75) is 0 Å². The Morgan fingerprint density at radius 2 is 2.35 bits per heavy atom. The molecule has 1 aromatic rings. The molecule has 0 bridgehead atoms. The number of carboxylic acid groups (broad SMARTS) is 1. The number of hydrogen-bond donors (Lipinski definition) is 1. The number of nitrogens with zero attached hydrogens (tertiary/aromatic N) is 3. The first-order chi connectivity index (χ1) is 8.19. The van der Waals surface area contributed by atoms with Crippen LogP contribution >= 0.6 is 0 Å². The summed E-state index contributed by atoms with van der Waals surface area (Å²) in [5.74, 6) is -0.483. The number of aromatic nitrogens is 2. The summed E-state index contributed by atoms with van der Waals surface area (Å²) < 4.78 is 4.98. The van der Waals surface area contributed by atoms with E-state index in [9.17, 15) is 4.79 Å². The molecule has 1 heterocycles. The molecule has 0 aliphatic carbocycles. The Hall–Kier alpha value is -1.95. The van der Waals surface area contributed by atoms with Crippen molar-refractivity contribution in [3.05, 3.63) is 30.7 Å². The molecule has 92 valence electrons. The third-order valence-corrected chi connectivity index (χ3v) is 2.10. The monoisotopic (exact) mass is 237 g/mol. The summed E-state index contributed by atoms with van der Waals surface area (Å²) in [5, 5.41) is 8.71. The van der Waals surface area contributed by atoms with Gasteiger partial charge in [0.25, 0.3) is 0 Å². The molecule has 1 aromatic heterocycles. The van der Waals surface area contributed by atoms with Crippen LogP contribution in [0.5, 0.6) is 0 Å². The highest BCUT2D eigenvalue weighted by molar-refractivity contribution is 5.84. The van der Waals surface area contributed by atoms with Crippen LogP contribution in [-0.2, 0) is 4.74 Å². The molecule has 0 radical (unpaired) electrons. The first kappa shape index (κ1) is 13.1. The molecular formula is C11H15N3O3. The Kier molecular flexibility index (Phi) is 5.09. The Balaban J connectivity index is 2.79. The van der Waals surface area contributed by atoms with E-state index in [0.717, 1.165) is 0 Å². The summed E-state index contributed by atoms with van der Waals surface area (Å²) in [5.41, 5.74) is -0.0703. The average molecular weight is 237 g/mol. The summed E-state index contributed by atoms with van der Waals surface area (Å²) in [6, 6.07) is 0. The number of methoxy groups -OCH3 is 1. The van der Waals surface area contributed by atoms with Crippen LogP contribution in [0.4, 0.5) is 5.82 Å². The fourth-order valence-corrected chi connectivity index (χ4v) is 1.25. The van der Waals surface area contributed by atoms with Gasteiger partial charge < -0.3 is 14.7 Å². The highest BCUT2D eigenvalue weighted by atomic mass is 16.5. The third-order valence-electron chi connectivity index (χ3n) is 2.10. The van der Waals surface area contributed by atoms with Crippen LogP contribution in [0.3, 0.4) is 0 Å². The molecule has 0 unspecified atom stereocenters. The molecule has 1 rings (SSSR count). The second kappa shape index (κ2) is 6.59. The Morgan fingerprint density at radius 1 is 1.59 bits per heavy atom. The van der Waals surface area contributed by atoms with Gasteiger partial charge in [-0.1, -0.05) is 6.08 Å². The molecule has 0 atom stereocenters. The minimum atomic E-state index is -1.09.